The summed E-state index contributed by atoms with van der Waals surface area (Å²) in [5, 5.41) is 2.81. The highest BCUT2D eigenvalue weighted by Gasteiger charge is 2.11. The van der Waals surface area contributed by atoms with Gasteiger partial charge in [-0.05, 0) is 43.7 Å². The SMILES string of the molecule is COc1ccccc1NC(=O)c1cc(C)cc(C)n1. The summed E-state index contributed by atoms with van der Waals surface area (Å²) < 4.78 is 5.19. The van der Waals surface area contributed by atoms with Gasteiger partial charge in [-0.3, -0.25) is 4.79 Å². The Morgan fingerprint density at radius 3 is 2.63 bits per heavy atom. The lowest BCUT2D eigenvalue weighted by Crippen LogP contribution is -2.15. The molecule has 98 valence electrons. The molecule has 0 radical (unpaired) electrons. The summed E-state index contributed by atoms with van der Waals surface area (Å²) in [5.74, 6) is 0.386. The molecule has 1 heterocycles. The zero-order valence-electron chi connectivity index (χ0n) is 11.2. The Labute approximate surface area is 112 Å². The Morgan fingerprint density at radius 1 is 1.21 bits per heavy atom. The van der Waals surface area contributed by atoms with E-state index in [-0.39, 0.29) is 5.91 Å². The van der Waals surface area contributed by atoms with Crippen LogP contribution in [-0.2, 0) is 0 Å². The van der Waals surface area contributed by atoms with E-state index in [0.717, 1.165) is 11.3 Å². The number of anilines is 1. The van der Waals surface area contributed by atoms with E-state index < -0.39 is 0 Å². The Hall–Kier alpha value is -2.36. The van der Waals surface area contributed by atoms with E-state index in [2.05, 4.69) is 10.3 Å². The summed E-state index contributed by atoms with van der Waals surface area (Å²) in [6.45, 7) is 3.81. The van der Waals surface area contributed by atoms with Crippen LogP contribution in [0.1, 0.15) is 21.7 Å². The quantitative estimate of drug-likeness (QED) is 0.918. The number of ether oxygens (including phenoxy) is 1. The molecular formula is C15H16N2O2. The minimum absolute atomic E-state index is 0.240. The van der Waals surface area contributed by atoms with Crippen molar-refractivity contribution in [3.8, 4) is 5.75 Å². The van der Waals surface area contributed by atoms with Gasteiger partial charge in [-0.15, -0.1) is 0 Å². The van der Waals surface area contributed by atoms with Crippen LogP contribution in [0.2, 0.25) is 0 Å². The molecule has 4 nitrogen and oxygen atoms in total. The lowest BCUT2D eigenvalue weighted by Gasteiger charge is -2.10. The number of para-hydroxylation sites is 2. The number of carbonyl (C=O) groups excluding carboxylic acids is 1. The first-order chi connectivity index (χ1) is 9.10. The summed E-state index contributed by atoms with van der Waals surface area (Å²) in [5.41, 5.74) is 2.88. The third-order valence-electron chi connectivity index (χ3n) is 2.69. The second-order valence-corrected chi connectivity index (χ2v) is 4.33. The normalized spacial score (nSPS) is 10.1. The molecule has 0 spiro atoms. The van der Waals surface area contributed by atoms with Gasteiger partial charge in [0.2, 0.25) is 0 Å². The smallest absolute Gasteiger partial charge is 0.274 e. The van der Waals surface area contributed by atoms with Gasteiger partial charge in [0.1, 0.15) is 11.4 Å². The molecule has 1 aromatic heterocycles. The van der Waals surface area contributed by atoms with Gasteiger partial charge in [0.25, 0.3) is 5.91 Å². The monoisotopic (exact) mass is 256 g/mol. The first-order valence-electron chi connectivity index (χ1n) is 6.00. The summed E-state index contributed by atoms with van der Waals surface area (Å²) in [6, 6.07) is 11.0. The molecule has 0 aliphatic carbocycles. The van der Waals surface area contributed by atoms with Crippen LogP contribution in [0.3, 0.4) is 0 Å². The second kappa shape index (κ2) is 5.52. The van der Waals surface area contributed by atoms with Crippen molar-refractivity contribution >= 4 is 11.6 Å². The van der Waals surface area contributed by atoms with Crippen molar-refractivity contribution in [1.29, 1.82) is 0 Å². The average molecular weight is 256 g/mol. The summed E-state index contributed by atoms with van der Waals surface area (Å²) in [7, 11) is 1.57. The van der Waals surface area contributed by atoms with Crippen LogP contribution in [0, 0.1) is 13.8 Å². The molecule has 0 aliphatic rings. The summed E-state index contributed by atoms with van der Waals surface area (Å²) >= 11 is 0. The Balaban J connectivity index is 2.25. The molecule has 0 unspecified atom stereocenters. The van der Waals surface area contributed by atoms with Crippen molar-refractivity contribution in [2.45, 2.75) is 13.8 Å². The number of nitrogens with zero attached hydrogens (tertiary/aromatic N) is 1. The van der Waals surface area contributed by atoms with Crippen molar-refractivity contribution in [2.24, 2.45) is 0 Å². The number of carbonyl (C=O) groups is 1. The fourth-order valence-corrected chi connectivity index (χ4v) is 1.89. The maximum atomic E-state index is 12.2. The van der Waals surface area contributed by atoms with Crippen LogP contribution in [0.15, 0.2) is 36.4 Å². The van der Waals surface area contributed by atoms with Crippen LogP contribution in [0.25, 0.3) is 0 Å². The summed E-state index contributed by atoms with van der Waals surface area (Å²) in [6.07, 6.45) is 0. The lowest BCUT2D eigenvalue weighted by molar-refractivity contribution is 0.102. The van der Waals surface area contributed by atoms with Crippen molar-refractivity contribution in [2.75, 3.05) is 12.4 Å². The van der Waals surface area contributed by atoms with Crippen LogP contribution in [0.4, 0.5) is 5.69 Å². The number of hydrogen-bond donors (Lipinski definition) is 1. The van der Waals surface area contributed by atoms with Gasteiger partial charge in [0, 0.05) is 5.69 Å². The fraction of sp³-hybridized carbons (Fsp3) is 0.200. The van der Waals surface area contributed by atoms with Gasteiger partial charge >= 0.3 is 0 Å². The Bertz CT molecular complexity index is 589. The number of benzene rings is 1. The minimum Gasteiger partial charge on any atom is -0.495 e. The molecule has 0 bridgehead atoms. The van der Waals surface area contributed by atoms with E-state index in [4.69, 9.17) is 4.74 Å². The van der Waals surface area contributed by atoms with E-state index in [1.807, 2.05) is 32.0 Å². The molecular weight excluding hydrogens is 240 g/mol. The molecule has 0 saturated heterocycles. The number of aromatic nitrogens is 1. The Morgan fingerprint density at radius 2 is 1.95 bits per heavy atom. The highest BCUT2D eigenvalue weighted by Crippen LogP contribution is 2.23. The third kappa shape index (κ3) is 3.10. The van der Waals surface area contributed by atoms with Gasteiger partial charge in [-0.2, -0.15) is 0 Å². The zero-order valence-corrected chi connectivity index (χ0v) is 11.2. The predicted molar refractivity (Wildman–Crippen MR) is 74.7 cm³/mol. The lowest BCUT2D eigenvalue weighted by atomic mass is 10.2. The predicted octanol–water partition coefficient (Wildman–Crippen LogP) is 2.96. The molecule has 2 aromatic rings. The number of rotatable bonds is 3. The highest BCUT2D eigenvalue weighted by molar-refractivity contribution is 6.03. The molecule has 1 aromatic carbocycles. The molecule has 0 aliphatic heterocycles. The van der Waals surface area contributed by atoms with E-state index >= 15 is 0 Å². The number of amides is 1. The van der Waals surface area contributed by atoms with E-state index in [0.29, 0.717) is 17.1 Å². The van der Waals surface area contributed by atoms with Gasteiger partial charge in [-0.25, -0.2) is 4.98 Å². The number of aryl methyl sites for hydroxylation is 2. The molecule has 0 saturated carbocycles. The maximum absolute atomic E-state index is 12.2. The average Bonchev–Trinajstić information content (AvgIpc) is 2.38. The van der Waals surface area contributed by atoms with E-state index in [9.17, 15) is 4.79 Å². The highest BCUT2D eigenvalue weighted by atomic mass is 16.5. The fourth-order valence-electron chi connectivity index (χ4n) is 1.89. The molecule has 1 amide bonds. The number of hydrogen-bond acceptors (Lipinski definition) is 3. The molecule has 19 heavy (non-hydrogen) atoms. The second-order valence-electron chi connectivity index (χ2n) is 4.33. The molecule has 1 N–H and O–H groups in total. The van der Waals surface area contributed by atoms with Gasteiger partial charge in [0.15, 0.2) is 0 Å². The first kappa shape index (κ1) is 13.1. The van der Waals surface area contributed by atoms with Gasteiger partial charge in [-0.1, -0.05) is 12.1 Å². The molecule has 0 atom stereocenters. The van der Waals surface area contributed by atoms with Gasteiger partial charge < -0.3 is 10.1 Å². The Kier molecular flexibility index (Phi) is 3.80. The molecule has 4 heteroatoms. The van der Waals surface area contributed by atoms with Crippen molar-refractivity contribution < 1.29 is 9.53 Å². The van der Waals surface area contributed by atoms with E-state index in [1.54, 1.807) is 25.3 Å². The van der Waals surface area contributed by atoms with Crippen LogP contribution < -0.4 is 10.1 Å². The first-order valence-corrected chi connectivity index (χ1v) is 6.00. The van der Waals surface area contributed by atoms with Crippen LogP contribution >= 0.6 is 0 Å². The number of methoxy groups -OCH3 is 1. The number of nitrogens with one attached hydrogen (secondary N) is 1. The molecule has 0 fully saturated rings. The maximum Gasteiger partial charge on any atom is 0.274 e. The standard InChI is InChI=1S/C15H16N2O2/c1-10-8-11(2)16-13(9-10)15(18)17-12-6-4-5-7-14(12)19-3/h4-9H,1-3H3,(H,17,18). The number of pyridine rings is 1. The zero-order chi connectivity index (χ0) is 13.8. The largest absolute Gasteiger partial charge is 0.495 e. The summed E-state index contributed by atoms with van der Waals surface area (Å²) in [4.78, 5) is 16.4. The van der Waals surface area contributed by atoms with Crippen molar-refractivity contribution in [3.05, 3.63) is 53.3 Å². The van der Waals surface area contributed by atoms with E-state index in [1.165, 1.54) is 0 Å². The molecule has 2 rings (SSSR count). The van der Waals surface area contributed by atoms with Crippen molar-refractivity contribution in [1.82, 2.24) is 4.98 Å². The van der Waals surface area contributed by atoms with Gasteiger partial charge in [0.05, 0.1) is 12.8 Å². The minimum atomic E-state index is -0.240. The van der Waals surface area contributed by atoms with Crippen molar-refractivity contribution in [3.63, 3.8) is 0 Å². The third-order valence-corrected chi connectivity index (χ3v) is 2.69. The topological polar surface area (TPSA) is 51.2 Å². The van der Waals surface area contributed by atoms with Crippen LogP contribution in [-0.4, -0.2) is 18.0 Å². The van der Waals surface area contributed by atoms with Crippen LogP contribution in [0.5, 0.6) is 5.75 Å².